The first-order valence-electron chi connectivity index (χ1n) is 13.2. The molecule has 0 spiro atoms. The van der Waals surface area contributed by atoms with E-state index >= 15 is 0 Å². The zero-order valence-corrected chi connectivity index (χ0v) is 21.0. The predicted molar refractivity (Wildman–Crippen MR) is 136 cm³/mol. The standard InChI is InChI=1S/C30H36O6/c1-2-17-34-29(32)10-6-7-21-11-16-25-26(19-31)28(18-27(25)35-20-21)36-30(33)24-14-12-23(13-15-24)22-8-4-3-5-9-22/h3-5,8-9,12-15,19,21,25-28H,2,6-7,10-11,16-18,20H2,1H3. The van der Waals surface area contributed by atoms with Gasteiger partial charge < -0.3 is 19.0 Å². The number of carbonyl (C=O) groups excluding carboxylic acids is 3. The molecule has 0 amide bonds. The first-order valence-corrected chi connectivity index (χ1v) is 13.2. The van der Waals surface area contributed by atoms with Crippen molar-refractivity contribution in [2.45, 2.75) is 64.1 Å². The molecule has 2 aromatic rings. The Morgan fingerprint density at radius 3 is 2.50 bits per heavy atom. The number of aldehydes is 1. The summed E-state index contributed by atoms with van der Waals surface area (Å²) in [7, 11) is 0. The van der Waals surface area contributed by atoms with Crippen molar-refractivity contribution in [2.24, 2.45) is 17.8 Å². The number of benzene rings is 2. The van der Waals surface area contributed by atoms with Crippen LogP contribution in [0.15, 0.2) is 54.6 Å². The van der Waals surface area contributed by atoms with Crippen LogP contribution in [-0.4, -0.2) is 43.6 Å². The molecule has 1 aliphatic heterocycles. The van der Waals surface area contributed by atoms with E-state index in [1.54, 1.807) is 12.1 Å². The lowest BCUT2D eigenvalue weighted by atomic mass is 9.87. The first-order chi connectivity index (χ1) is 17.6. The van der Waals surface area contributed by atoms with Crippen molar-refractivity contribution in [1.29, 1.82) is 0 Å². The fourth-order valence-electron chi connectivity index (χ4n) is 5.43. The fourth-order valence-corrected chi connectivity index (χ4v) is 5.43. The molecule has 5 unspecified atom stereocenters. The summed E-state index contributed by atoms with van der Waals surface area (Å²) < 4.78 is 17.2. The van der Waals surface area contributed by atoms with Crippen LogP contribution >= 0.6 is 0 Å². The van der Waals surface area contributed by atoms with Gasteiger partial charge in [0.1, 0.15) is 12.4 Å². The van der Waals surface area contributed by atoms with E-state index in [0.717, 1.165) is 49.5 Å². The molecule has 0 N–H and O–H groups in total. The van der Waals surface area contributed by atoms with Crippen LogP contribution in [0, 0.1) is 17.8 Å². The van der Waals surface area contributed by atoms with Crippen LogP contribution in [0.5, 0.6) is 0 Å². The molecule has 2 aliphatic rings. The summed E-state index contributed by atoms with van der Waals surface area (Å²) >= 11 is 0. The van der Waals surface area contributed by atoms with Crippen molar-refractivity contribution in [3.05, 3.63) is 60.2 Å². The molecule has 6 heteroatoms. The lowest BCUT2D eigenvalue weighted by Crippen LogP contribution is -2.27. The summed E-state index contributed by atoms with van der Waals surface area (Å²) in [6.45, 7) is 3.07. The van der Waals surface area contributed by atoms with Crippen LogP contribution in [-0.2, 0) is 23.8 Å². The van der Waals surface area contributed by atoms with Crippen molar-refractivity contribution in [1.82, 2.24) is 0 Å². The molecular weight excluding hydrogens is 456 g/mol. The summed E-state index contributed by atoms with van der Waals surface area (Å²) in [5.74, 6) is -0.476. The summed E-state index contributed by atoms with van der Waals surface area (Å²) in [6, 6.07) is 17.3. The zero-order chi connectivity index (χ0) is 25.3. The molecule has 1 aliphatic carbocycles. The Morgan fingerprint density at radius 1 is 1.03 bits per heavy atom. The number of rotatable bonds is 10. The van der Waals surface area contributed by atoms with Crippen LogP contribution in [0.25, 0.3) is 11.1 Å². The molecule has 1 heterocycles. The number of esters is 2. The van der Waals surface area contributed by atoms with E-state index in [4.69, 9.17) is 14.2 Å². The van der Waals surface area contributed by atoms with Gasteiger partial charge in [-0.25, -0.2) is 4.79 Å². The summed E-state index contributed by atoms with van der Waals surface area (Å²) in [5, 5.41) is 0. The Labute approximate surface area is 213 Å². The summed E-state index contributed by atoms with van der Waals surface area (Å²) in [5.41, 5.74) is 2.59. The van der Waals surface area contributed by atoms with Crippen molar-refractivity contribution in [3.8, 4) is 11.1 Å². The van der Waals surface area contributed by atoms with E-state index in [9.17, 15) is 14.4 Å². The predicted octanol–water partition coefficient (Wildman–Crippen LogP) is 5.63. The van der Waals surface area contributed by atoms with Crippen LogP contribution in [0.1, 0.15) is 62.2 Å². The molecule has 2 aromatic carbocycles. The quantitative estimate of drug-likeness (QED) is 0.316. The van der Waals surface area contributed by atoms with Gasteiger partial charge in [0, 0.05) is 19.4 Å². The normalized spacial score (nSPS) is 25.4. The zero-order valence-electron chi connectivity index (χ0n) is 21.0. The number of hydrogen-bond donors (Lipinski definition) is 0. The van der Waals surface area contributed by atoms with Crippen molar-refractivity contribution in [3.63, 3.8) is 0 Å². The maximum atomic E-state index is 12.9. The minimum atomic E-state index is -0.469. The smallest absolute Gasteiger partial charge is 0.338 e. The van der Waals surface area contributed by atoms with Crippen molar-refractivity contribution in [2.75, 3.05) is 13.2 Å². The highest BCUT2D eigenvalue weighted by molar-refractivity contribution is 5.90. The molecule has 6 nitrogen and oxygen atoms in total. The Bertz CT molecular complexity index is 1000. The fraction of sp³-hybridized carbons (Fsp3) is 0.500. The van der Waals surface area contributed by atoms with Crippen molar-refractivity contribution < 1.29 is 28.6 Å². The lowest BCUT2D eigenvalue weighted by Gasteiger charge is -2.20. The van der Waals surface area contributed by atoms with E-state index in [2.05, 4.69) is 0 Å². The van der Waals surface area contributed by atoms with Gasteiger partial charge in [-0.05, 0) is 67.2 Å². The minimum absolute atomic E-state index is 0.0558. The van der Waals surface area contributed by atoms with E-state index in [1.165, 1.54) is 0 Å². The molecule has 4 rings (SSSR count). The van der Waals surface area contributed by atoms with Gasteiger partial charge in [-0.15, -0.1) is 0 Å². The van der Waals surface area contributed by atoms with Gasteiger partial charge in [-0.3, -0.25) is 4.79 Å². The number of carbonyl (C=O) groups is 3. The molecule has 0 bridgehead atoms. The van der Waals surface area contributed by atoms with Gasteiger partial charge in [-0.2, -0.15) is 0 Å². The highest BCUT2D eigenvalue weighted by Crippen LogP contribution is 2.42. The van der Waals surface area contributed by atoms with Gasteiger partial charge >= 0.3 is 11.9 Å². The summed E-state index contributed by atoms with van der Waals surface area (Å²) in [4.78, 5) is 36.6. The Balaban J connectivity index is 1.28. The van der Waals surface area contributed by atoms with E-state index in [0.29, 0.717) is 37.5 Å². The maximum Gasteiger partial charge on any atom is 0.338 e. The van der Waals surface area contributed by atoms with Crippen LogP contribution < -0.4 is 0 Å². The third-order valence-corrected chi connectivity index (χ3v) is 7.42. The van der Waals surface area contributed by atoms with Crippen molar-refractivity contribution >= 4 is 18.2 Å². The average molecular weight is 493 g/mol. The molecule has 36 heavy (non-hydrogen) atoms. The van der Waals surface area contributed by atoms with E-state index < -0.39 is 12.1 Å². The molecule has 0 radical (unpaired) electrons. The van der Waals surface area contributed by atoms with Gasteiger partial charge in [0.2, 0.25) is 0 Å². The average Bonchev–Trinajstić information content (AvgIpc) is 3.12. The topological polar surface area (TPSA) is 78.9 Å². The lowest BCUT2D eigenvalue weighted by molar-refractivity contribution is -0.143. The second kappa shape index (κ2) is 12.8. The molecule has 192 valence electrons. The van der Waals surface area contributed by atoms with Crippen LogP contribution in [0.2, 0.25) is 0 Å². The van der Waals surface area contributed by atoms with E-state index in [1.807, 2.05) is 49.4 Å². The minimum Gasteiger partial charge on any atom is -0.466 e. The Morgan fingerprint density at radius 2 is 1.78 bits per heavy atom. The SMILES string of the molecule is CCCOC(=O)CCCC1CCC2C(CC(OC(=O)c3ccc(-c4ccccc4)cc3)C2C=O)OC1. The largest absolute Gasteiger partial charge is 0.466 e. The van der Waals surface area contributed by atoms with Crippen LogP contribution in [0.3, 0.4) is 0 Å². The number of ether oxygens (including phenoxy) is 3. The second-order valence-corrected chi connectivity index (χ2v) is 9.93. The Kier molecular flexibility index (Phi) is 9.29. The highest BCUT2D eigenvalue weighted by atomic mass is 16.6. The third-order valence-electron chi connectivity index (χ3n) is 7.42. The molecular formula is C30H36O6. The van der Waals surface area contributed by atoms with Crippen LogP contribution in [0.4, 0.5) is 0 Å². The molecule has 1 saturated carbocycles. The van der Waals surface area contributed by atoms with Gasteiger partial charge in [0.05, 0.1) is 24.2 Å². The molecule has 2 fully saturated rings. The van der Waals surface area contributed by atoms with Gasteiger partial charge in [0.15, 0.2) is 0 Å². The number of fused-ring (bicyclic) bond motifs is 1. The van der Waals surface area contributed by atoms with Gasteiger partial charge in [-0.1, -0.05) is 49.4 Å². The Hall–Kier alpha value is -2.99. The monoisotopic (exact) mass is 492 g/mol. The van der Waals surface area contributed by atoms with E-state index in [-0.39, 0.29) is 23.9 Å². The first kappa shape index (κ1) is 26.1. The maximum absolute atomic E-state index is 12.9. The molecule has 0 aromatic heterocycles. The van der Waals surface area contributed by atoms with Gasteiger partial charge in [0.25, 0.3) is 0 Å². The summed E-state index contributed by atoms with van der Waals surface area (Å²) in [6.07, 6.45) is 5.69. The highest BCUT2D eigenvalue weighted by Gasteiger charge is 2.47. The molecule has 1 saturated heterocycles. The second-order valence-electron chi connectivity index (χ2n) is 9.93. The third kappa shape index (κ3) is 6.61. The molecule has 5 atom stereocenters. The number of hydrogen-bond acceptors (Lipinski definition) is 6.